The maximum Gasteiger partial charge on any atom is 0.184 e. The highest BCUT2D eigenvalue weighted by atomic mass is 35.5. The van der Waals surface area contributed by atoms with Gasteiger partial charge in [-0.05, 0) is 0 Å². The van der Waals surface area contributed by atoms with E-state index in [1.54, 1.807) is 0 Å². The number of halogens is 1. The molecule has 2 N–H and O–H groups in total. The first-order chi connectivity index (χ1) is 5.77. The summed E-state index contributed by atoms with van der Waals surface area (Å²) in [4.78, 5) is 15.5. The molecule has 2 aromatic rings. The molecule has 0 aliphatic carbocycles. The first kappa shape index (κ1) is 7.17. The molecule has 0 saturated heterocycles. The standard InChI is InChI=1S/C6H4ClN5/c7-5-4-6(11-2-10-5)12-3(8)1-9-4/h1-2H,(H2,8,10,11,12). The smallest absolute Gasteiger partial charge is 0.184 e. The van der Waals surface area contributed by atoms with Crippen molar-refractivity contribution in [2.45, 2.75) is 0 Å². The van der Waals surface area contributed by atoms with Crippen LogP contribution in [0.15, 0.2) is 12.5 Å². The van der Waals surface area contributed by atoms with E-state index < -0.39 is 0 Å². The lowest BCUT2D eigenvalue weighted by Gasteiger charge is -1.96. The molecular weight excluding hydrogens is 178 g/mol. The second-order valence-corrected chi connectivity index (χ2v) is 2.49. The SMILES string of the molecule is Nc1cnc2c(Cl)ncnc2n1. The molecule has 60 valence electrons. The number of nitrogens with zero attached hydrogens (tertiary/aromatic N) is 4. The van der Waals surface area contributed by atoms with Crippen LogP contribution in [0.3, 0.4) is 0 Å². The summed E-state index contributed by atoms with van der Waals surface area (Å²) < 4.78 is 0. The van der Waals surface area contributed by atoms with Crippen molar-refractivity contribution in [2.24, 2.45) is 0 Å². The fraction of sp³-hybridized carbons (Fsp3) is 0. The van der Waals surface area contributed by atoms with Gasteiger partial charge in [-0.2, -0.15) is 0 Å². The summed E-state index contributed by atoms with van der Waals surface area (Å²) in [6.45, 7) is 0. The van der Waals surface area contributed by atoms with Gasteiger partial charge in [0.2, 0.25) is 0 Å². The molecule has 0 unspecified atom stereocenters. The molecule has 5 nitrogen and oxygen atoms in total. The lowest BCUT2D eigenvalue weighted by molar-refractivity contribution is 1.15. The lowest BCUT2D eigenvalue weighted by atomic mass is 10.5. The largest absolute Gasteiger partial charge is 0.382 e. The van der Waals surface area contributed by atoms with Crippen LogP contribution in [-0.2, 0) is 0 Å². The Morgan fingerprint density at radius 3 is 2.92 bits per heavy atom. The van der Waals surface area contributed by atoms with Gasteiger partial charge in [0.25, 0.3) is 0 Å². The second-order valence-electron chi connectivity index (χ2n) is 2.13. The van der Waals surface area contributed by atoms with E-state index in [-0.39, 0.29) is 5.15 Å². The molecule has 2 heterocycles. The van der Waals surface area contributed by atoms with Crippen molar-refractivity contribution < 1.29 is 0 Å². The topological polar surface area (TPSA) is 77.6 Å². The van der Waals surface area contributed by atoms with Crippen molar-refractivity contribution >= 4 is 28.6 Å². The molecular formula is C6H4ClN5. The quantitative estimate of drug-likeness (QED) is 0.604. The highest BCUT2D eigenvalue weighted by molar-refractivity contribution is 6.33. The first-order valence-corrected chi connectivity index (χ1v) is 3.54. The Morgan fingerprint density at radius 2 is 2.08 bits per heavy atom. The van der Waals surface area contributed by atoms with Crippen molar-refractivity contribution in [1.82, 2.24) is 19.9 Å². The van der Waals surface area contributed by atoms with Crippen LogP contribution in [0.4, 0.5) is 5.82 Å². The van der Waals surface area contributed by atoms with Gasteiger partial charge in [0.15, 0.2) is 10.8 Å². The number of anilines is 1. The fourth-order valence-electron chi connectivity index (χ4n) is 0.823. The van der Waals surface area contributed by atoms with Gasteiger partial charge >= 0.3 is 0 Å². The Balaban J connectivity index is 2.86. The molecule has 0 bridgehead atoms. The normalized spacial score (nSPS) is 10.4. The molecule has 12 heavy (non-hydrogen) atoms. The molecule has 0 amide bonds. The molecule has 0 saturated carbocycles. The molecule has 0 aliphatic rings. The van der Waals surface area contributed by atoms with Crippen LogP contribution in [0, 0.1) is 0 Å². The zero-order chi connectivity index (χ0) is 8.55. The van der Waals surface area contributed by atoms with Crippen molar-refractivity contribution in [3.8, 4) is 0 Å². The van der Waals surface area contributed by atoms with E-state index in [1.165, 1.54) is 12.5 Å². The van der Waals surface area contributed by atoms with Crippen molar-refractivity contribution in [3.63, 3.8) is 0 Å². The molecule has 2 rings (SSSR count). The summed E-state index contributed by atoms with van der Waals surface area (Å²) in [5.41, 5.74) is 6.27. The molecule has 0 aliphatic heterocycles. The lowest BCUT2D eigenvalue weighted by Crippen LogP contribution is -1.95. The summed E-state index contributed by atoms with van der Waals surface area (Å²) in [7, 11) is 0. The van der Waals surface area contributed by atoms with Gasteiger partial charge in [-0.3, -0.25) is 0 Å². The van der Waals surface area contributed by atoms with Gasteiger partial charge in [-0.25, -0.2) is 19.9 Å². The van der Waals surface area contributed by atoms with Crippen LogP contribution in [0.5, 0.6) is 0 Å². The van der Waals surface area contributed by atoms with Crippen LogP contribution in [0.1, 0.15) is 0 Å². The number of nitrogen functional groups attached to an aromatic ring is 1. The van der Waals surface area contributed by atoms with Gasteiger partial charge in [-0.1, -0.05) is 11.6 Å². The third-order valence-corrected chi connectivity index (χ3v) is 1.60. The molecule has 0 atom stereocenters. The Morgan fingerprint density at radius 1 is 1.25 bits per heavy atom. The number of nitrogens with two attached hydrogens (primary N) is 1. The zero-order valence-electron chi connectivity index (χ0n) is 5.90. The maximum absolute atomic E-state index is 5.71. The summed E-state index contributed by atoms with van der Waals surface area (Å²) >= 11 is 5.71. The summed E-state index contributed by atoms with van der Waals surface area (Å²) in [6, 6.07) is 0. The van der Waals surface area contributed by atoms with E-state index in [4.69, 9.17) is 17.3 Å². The molecule has 0 radical (unpaired) electrons. The Hall–Kier alpha value is -1.49. The van der Waals surface area contributed by atoms with Crippen LogP contribution in [0.2, 0.25) is 5.15 Å². The highest BCUT2D eigenvalue weighted by Crippen LogP contribution is 2.14. The fourth-order valence-corrected chi connectivity index (χ4v) is 1.00. The Kier molecular flexibility index (Phi) is 1.51. The number of hydrogen-bond acceptors (Lipinski definition) is 5. The highest BCUT2D eigenvalue weighted by Gasteiger charge is 2.02. The number of aromatic nitrogens is 4. The minimum absolute atomic E-state index is 0.285. The summed E-state index contributed by atoms with van der Waals surface area (Å²) in [5, 5.41) is 0.285. The molecule has 6 heteroatoms. The van der Waals surface area contributed by atoms with E-state index in [2.05, 4.69) is 19.9 Å². The first-order valence-electron chi connectivity index (χ1n) is 3.16. The van der Waals surface area contributed by atoms with Gasteiger partial charge < -0.3 is 5.73 Å². The number of hydrogen-bond donors (Lipinski definition) is 1. The van der Waals surface area contributed by atoms with E-state index in [0.29, 0.717) is 17.0 Å². The monoisotopic (exact) mass is 181 g/mol. The van der Waals surface area contributed by atoms with E-state index in [1.807, 2.05) is 0 Å². The molecule has 0 aromatic carbocycles. The third kappa shape index (κ3) is 1.04. The van der Waals surface area contributed by atoms with Gasteiger partial charge in [0.1, 0.15) is 17.7 Å². The van der Waals surface area contributed by atoms with Crippen LogP contribution in [-0.4, -0.2) is 19.9 Å². The minimum atomic E-state index is 0.285. The van der Waals surface area contributed by atoms with Crippen molar-refractivity contribution in [3.05, 3.63) is 17.7 Å². The minimum Gasteiger partial charge on any atom is -0.382 e. The molecule has 0 fully saturated rings. The van der Waals surface area contributed by atoms with Crippen molar-refractivity contribution in [2.75, 3.05) is 5.73 Å². The van der Waals surface area contributed by atoms with Gasteiger partial charge in [-0.15, -0.1) is 0 Å². The summed E-state index contributed by atoms with van der Waals surface area (Å²) in [6.07, 6.45) is 2.73. The average Bonchev–Trinajstić information content (AvgIpc) is 2.04. The Bertz CT molecular complexity index is 429. The Labute approximate surface area is 72.6 Å². The number of fused-ring (bicyclic) bond motifs is 1. The van der Waals surface area contributed by atoms with Gasteiger partial charge in [0.05, 0.1) is 6.20 Å². The third-order valence-electron chi connectivity index (χ3n) is 1.32. The van der Waals surface area contributed by atoms with Gasteiger partial charge in [0, 0.05) is 0 Å². The second kappa shape index (κ2) is 2.53. The van der Waals surface area contributed by atoms with Crippen molar-refractivity contribution in [1.29, 1.82) is 0 Å². The van der Waals surface area contributed by atoms with E-state index >= 15 is 0 Å². The predicted octanol–water partition coefficient (Wildman–Crippen LogP) is 0.655. The van der Waals surface area contributed by atoms with Crippen LogP contribution >= 0.6 is 11.6 Å². The average molecular weight is 182 g/mol. The van der Waals surface area contributed by atoms with E-state index in [0.717, 1.165) is 0 Å². The van der Waals surface area contributed by atoms with Crippen LogP contribution < -0.4 is 5.73 Å². The van der Waals surface area contributed by atoms with E-state index in [9.17, 15) is 0 Å². The predicted molar refractivity (Wildman–Crippen MR) is 44.6 cm³/mol. The maximum atomic E-state index is 5.71. The number of rotatable bonds is 0. The molecule has 2 aromatic heterocycles. The zero-order valence-corrected chi connectivity index (χ0v) is 6.65. The summed E-state index contributed by atoms with van der Waals surface area (Å²) in [5.74, 6) is 0.317. The molecule has 0 spiro atoms. The van der Waals surface area contributed by atoms with Crippen LogP contribution in [0.25, 0.3) is 11.2 Å².